The van der Waals surface area contributed by atoms with Crippen LogP contribution in [0.3, 0.4) is 0 Å². The van der Waals surface area contributed by atoms with Gasteiger partial charge in [0.05, 0.1) is 5.69 Å². The summed E-state index contributed by atoms with van der Waals surface area (Å²) in [5.41, 5.74) is 6.94. The first-order chi connectivity index (χ1) is 10.1. The molecule has 0 unspecified atom stereocenters. The molecule has 0 heterocycles. The van der Waals surface area contributed by atoms with Crippen molar-refractivity contribution in [2.75, 3.05) is 11.1 Å². The Morgan fingerprint density at radius 1 is 1.29 bits per heavy atom. The number of benzene rings is 2. The van der Waals surface area contributed by atoms with Crippen LogP contribution in [-0.2, 0) is 4.79 Å². The molecular weight excluding hydrogens is 269 g/mol. The molecule has 104 valence electrons. The van der Waals surface area contributed by atoms with E-state index >= 15 is 0 Å². The van der Waals surface area contributed by atoms with Crippen molar-refractivity contribution in [1.82, 2.24) is 0 Å². The second-order valence-electron chi connectivity index (χ2n) is 4.27. The van der Waals surface area contributed by atoms with E-state index in [1.165, 1.54) is 18.2 Å². The van der Waals surface area contributed by atoms with E-state index in [9.17, 15) is 9.18 Å². The lowest BCUT2D eigenvalue weighted by Gasteiger charge is -2.04. The summed E-state index contributed by atoms with van der Waals surface area (Å²) < 4.78 is 13.4. The Bertz CT molecular complexity index is 747. The van der Waals surface area contributed by atoms with Crippen LogP contribution in [-0.4, -0.2) is 5.91 Å². The standard InChI is InChI=1S/C16H12FN3O/c17-14-5-2-6-15(13(14)10-18)20-16(21)8-7-11-3-1-4-12(19)9-11/h1-9H,19H2,(H,20,21)/b8-7+. The van der Waals surface area contributed by atoms with Gasteiger partial charge in [0.2, 0.25) is 5.91 Å². The van der Waals surface area contributed by atoms with Crippen LogP contribution in [0.5, 0.6) is 0 Å². The Balaban J connectivity index is 2.13. The van der Waals surface area contributed by atoms with Gasteiger partial charge in [-0.2, -0.15) is 5.26 Å². The number of carbonyl (C=O) groups excluding carboxylic acids is 1. The summed E-state index contributed by atoms with van der Waals surface area (Å²) in [6.07, 6.45) is 2.87. The Labute approximate surface area is 121 Å². The van der Waals surface area contributed by atoms with E-state index in [0.717, 1.165) is 11.6 Å². The number of nitrogen functional groups attached to an aromatic ring is 1. The minimum Gasteiger partial charge on any atom is -0.399 e. The average Bonchev–Trinajstić information content (AvgIpc) is 2.45. The predicted molar refractivity (Wildman–Crippen MR) is 79.6 cm³/mol. The molecule has 3 N–H and O–H groups in total. The van der Waals surface area contributed by atoms with Gasteiger partial charge in [0.15, 0.2) is 0 Å². The van der Waals surface area contributed by atoms with Crippen LogP contribution in [0.15, 0.2) is 48.5 Å². The van der Waals surface area contributed by atoms with E-state index in [0.29, 0.717) is 5.69 Å². The lowest BCUT2D eigenvalue weighted by molar-refractivity contribution is -0.111. The predicted octanol–water partition coefficient (Wildman–Crippen LogP) is 2.93. The number of nitrogens with zero attached hydrogens (tertiary/aromatic N) is 1. The monoisotopic (exact) mass is 281 g/mol. The average molecular weight is 281 g/mol. The number of nitrogens with one attached hydrogen (secondary N) is 1. The summed E-state index contributed by atoms with van der Waals surface area (Å²) in [6, 6.07) is 12.8. The Morgan fingerprint density at radius 2 is 2.05 bits per heavy atom. The molecular formula is C16H12FN3O. The molecule has 0 aliphatic heterocycles. The Hall–Kier alpha value is -3.13. The first kappa shape index (κ1) is 14.3. The highest BCUT2D eigenvalue weighted by Gasteiger charge is 2.08. The van der Waals surface area contributed by atoms with Gasteiger partial charge in [0.25, 0.3) is 0 Å². The molecule has 2 rings (SSSR count). The van der Waals surface area contributed by atoms with Crippen molar-refractivity contribution in [3.05, 3.63) is 65.5 Å². The van der Waals surface area contributed by atoms with Crippen LogP contribution < -0.4 is 11.1 Å². The van der Waals surface area contributed by atoms with Crippen LogP contribution in [0.2, 0.25) is 0 Å². The number of hydrogen-bond acceptors (Lipinski definition) is 3. The second-order valence-corrected chi connectivity index (χ2v) is 4.27. The Morgan fingerprint density at radius 3 is 2.76 bits per heavy atom. The van der Waals surface area contributed by atoms with Crippen LogP contribution in [0, 0.1) is 17.1 Å². The van der Waals surface area contributed by atoms with E-state index in [2.05, 4.69) is 5.32 Å². The smallest absolute Gasteiger partial charge is 0.248 e. The number of amides is 1. The van der Waals surface area contributed by atoms with Crippen molar-refractivity contribution in [3.8, 4) is 6.07 Å². The summed E-state index contributed by atoms with van der Waals surface area (Å²) in [6.45, 7) is 0. The highest BCUT2D eigenvalue weighted by molar-refractivity contribution is 6.02. The van der Waals surface area contributed by atoms with Crippen LogP contribution in [0.1, 0.15) is 11.1 Å². The second kappa shape index (κ2) is 6.35. The number of rotatable bonds is 3. The van der Waals surface area contributed by atoms with Gasteiger partial charge < -0.3 is 11.1 Å². The summed E-state index contributed by atoms with van der Waals surface area (Å²) in [5, 5.41) is 11.3. The molecule has 0 aliphatic rings. The third kappa shape index (κ3) is 3.67. The molecule has 0 bridgehead atoms. The zero-order valence-electron chi connectivity index (χ0n) is 11.0. The van der Waals surface area contributed by atoms with Gasteiger partial charge >= 0.3 is 0 Å². The molecule has 5 heteroatoms. The summed E-state index contributed by atoms with van der Waals surface area (Å²) in [7, 11) is 0. The van der Waals surface area contributed by atoms with E-state index in [1.807, 2.05) is 0 Å². The van der Waals surface area contributed by atoms with E-state index in [-0.39, 0.29) is 11.3 Å². The van der Waals surface area contributed by atoms with E-state index in [1.54, 1.807) is 36.4 Å². The SMILES string of the molecule is N#Cc1c(F)cccc1NC(=O)/C=C/c1cccc(N)c1. The zero-order valence-corrected chi connectivity index (χ0v) is 11.0. The summed E-state index contributed by atoms with van der Waals surface area (Å²) >= 11 is 0. The first-order valence-electron chi connectivity index (χ1n) is 6.13. The fraction of sp³-hybridized carbons (Fsp3) is 0. The highest BCUT2D eigenvalue weighted by atomic mass is 19.1. The maximum absolute atomic E-state index is 13.4. The van der Waals surface area contributed by atoms with Crippen molar-refractivity contribution in [2.24, 2.45) is 0 Å². The van der Waals surface area contributed by atoms with Gasteiger partial charge in [0, 0.05) is 11.8 Å². The van der Waals surface area contributed by atoms with Gasteiger partial charge in [-0.05, 0) is 35.9 Å². The zero-order chi connectivity index (χ0) is 15.2. The van der Waals surface area contributed by atoms with Crippen molar-refractivity contribution in [2.45, 2.75) is 0 Å². The number of anilines is 2. The number of nitriles is 1. The topological polar surface area (TPSA) is 78.9 Å². The number of carbonyl (C=O) groups is 1. The molecule has 21 heavy (non-hydrogen) atoms. The lowest BCUT2D eigenvalue weighted by Crippen LogP contribution is -2.09. The quantitative estimate of drug-likeness (QED) is 0.670. The number of nitrogens with two attached hydrogens (primary N) is 1. The van der Waals surface area contributed by atoms with E-state index in [4.69, 9.17) is 11.0 Å². The third-order valence-corrected chi connectivity index (χ3v) is 2.72. The van der Waals surface area contributed by atoms with E-state index < -0.39 is 11.7 Å². The molecule has 2 aromatic carbocycles. The van der Waals surface area contributed by atoms with Gasteiger partial charge in [-0.1, -0.05) is 18.2 Å². The summed E-state index contributed by atoms with van der Waals surface area (Å²) in [4.78, 5) is 11.8. The van der Waals surface area contributed by atoms with Gasteiger partial charge in [-0.3, -0.25) is 4.79 Å². The van der Waals surface area contributed by atoms with Gasteiger partial charge in [-0.25, -0.2) is 4.39 Å². The first-order valence-corrected chi connectivity index (χ1v) is 6.13. The molecule has 0 atom stereocenters. The van der Waals surface area contributed by atoms with Gasteiger partial charge in [0.1, 0.15) is 17.4 Å². The van der Waals surface area contributed by atoms with Crippen molar-refractivity contribution >= 4 is 23.4 Å². The van der Waals surface area contributed by atoms with Crippen molar-refractivity contribution < 1.29 is 9.18 Å². The molecule has 0 aliphatic carbocycles. The molecule has 0 saturated carbocycles. The fourth-order valence-corrected chi connectivity index (χ4v) is 1.75. The molecule has 0 radical (unpaired) electrons. The number of hydrogen-bond donors (Lipinski definition) is 2. The van der Waals surface area contributed by atoms with Crippen LogP contribution in [0.4, 0.5) is 15.8 Å². The van der Waals surface area contributed by atoms with Crippen molar-refractivity contribution in [1.29, 1.82) is 5.26 Å². The largest absolute Gasteiger partial charge is 0.399 e. The summed E-state index contributed by atoms with van der Waals surface area (Å²) in [5.74, 6) is -1.13. The molecule has 0 aromatic heterocycles. The molecule has 1 amide bonds. The Kier molecular flexibility index (Phi) is 4.32. The molecule has 4 nitrogen and oxygen atoms in total. The normalized spacial score (nSPS) is 10.3. The number of halogens is 1. The van der Waals surface area contributed by atoms with Crippen LogP contribution in [0.25, 0.3) is 6.08 Å². The highest BCUT2D eigenvalue weighted by Crippen LogP contribution is 2.17. The molecule has 0 fully saturated rings. The molecule has 0 saturated heterocycles. The third-order valence-electron chi connectivity index (χ3n) is 2.72. The molecule has 0 spiro atoms. The van der Waals surface area contributed by atoms with Crippen LogP contribution >= 0.6 is 0 Å². The van der Waals surface area contributed by atoms with Gasteiger partial charge in [-0.15, -0.1) is 0 Å². The fourth-order valence-electron chi connectivity index (χ4n) is 1.75. The minimum atomic E-state index is -0.671. The van der Waals surface area contributed by atoms with Crippen molar-refractivity contribution in [3.63, 3.8) is 0 Å². The maximum Gasteiger partial charge on any atom is 0.248 e. The molecule has 2 aromatic rings. The maximum atomic E-state index is 13.4. The lowest BCUT2D eigenvalue weighted by atomic mass is 10.1. The minimum absolute atomic E-state index is 0.139.